The number of rotatable bonds is 11. The summed E-state index contributed by atoms with van der Waals surface area (Å²) in [5.74, 6) is 2.18. The van der Waals surface area contributed by atoms with Crippen LogP contribution in [0.2, 0.25) is 5.02 Å². The fraction of sp³-hybridized carbons (Fsp3) is 0.222. The monoisotopic (exact) mass is 524 g/mol. The third-order valence-corrected chi connectivity index (χ3v) is 6.91. The van der Waals surface area contributed by atoms with Gasteiger partial charge >= 0.3 is 0 Å². The molecule has 0 saturated carbocycles. The predicted molar refractivity (Wildman–Crippen MR) is 141 cm³/mol. The highest BCUT2D eigenvalue weighted by Crippen LogP contribution is 2.39. The summed E-state index contributed by atoms with van der Waals surface area (Å²) < 4.78 is 18.8. The zero-order valence-electron chi connectivity index (χ0n) is 20.1. The smallest absolute Gasteiger partial charge is 0.168 e. The molecule has 3 aromatic carbocycles. The van der Waals surface area contributed by atoms with Crippen molar-refractivity contribution in [3.63, 3.8) is 0 Å². The van der Waals surface area contributed by atoms with E-state index >= 15 is 0 Å². The first-order chi connectivity index (χ1) is 17.4. The SMILES string of the molecule is COc1cc2cccc(Oc3ccc(CC(=O)CC(=O)CSc4nccn4C)cc3Cl)c2cc1OC. The number of aryl methyl sites for hydroxylation is 1. The lowest BCUT2D eigenvalue weighted by atomic mass is 10.1. The van der Waals surface area contributed by atoms with Crippen LogP contribution in [-0.2, 0) is 23.1 Å². The number of ether oxygens (including phenoxy) is 3. The summed E-state index contributed by atoms with van der Waals surface area (Å²) in [5, 5.41) is 2.87. The normalized spacial score (nSPS) is 10.9. The van der Waals surface area contributed by atoms with Crippen molar-refractivity contribution in [3.8, 4) is 23.0 Å². The molecule has 0 fully saturated rings. The van der Waals surface area contributed by atoms with Gasteiger partial charge in [-0.05, 0) is 41.3 Å². The Kier molecular flexibility index (Phi) is 8.18. The molecule has 0 saturated heterocycles. The Balaban J connectivity index is 1.41. The maximum Gasteiger partial charge on any atom is 0.168 e. The predicted octanol–water partition coefficient (Wildman–Crippen LogP) is 5.90. The third-order valence-electron chi connectivity index (χ3n) is 5.50. The molecule has 0 radical (unpaired) electrons. The zero-order chi connectivity index (χ0) is 25.7. The van der Waals surface area contributed by atoms with Crippen LogP contribution >= 0.6 is 23.4 Å². The van der Waals surface area contributed by atoms with Crippen LogP contribution in [0.25, 0.3) is 10.8 Å². The van der Waals surface area contributed by atoms with Gasteiger partial charge in [-0.2, -0.15) is 0 Å². The summed E-state index contributed by atoms with van der Waals surface area (Å²) in [4.78, 5) is 28.8. The largest absolute Gasteiger partial charge is 0.493 e. The van der Waals surface area contributed by atoms with Crippen LogP contribution in [0.1, 0.15) is 12.0 Å². The number of benzene rings is 3. The topological polar surface area (TPSA) is 79.7 Å². The summed E-state index contributed by atoms with van der Waals surface area (Å²) in [6.45, 7) is 0. The van der Waals surface area contributed by atoms with Gasteiger partial charge in [0, 0.05) is 31.2 Å². The van der Waals surface area contributed by atoms with Crippen LogP contribution < -0.4 is 14.2 Å². The Morgan fingerprint density at radius 1 is 0.972 bits per heavy atom. The maximum atomic E-state index is 12.5. The molecule has 186 valence electrons. The van der Waals surface area contributed by atoms with Crippen molar-refractivity contribution < 1.29 is 23.8 Å². The summed E-state index contributed by atoms with van der Waals surface area (Å²) in [5.41, 5.74) is 0.714. The maximum absolute atomic E-state index is 12.5. The van der Waals surface area contributed by atoms with Gasteiger partial charge in [0.15, 0.2) is 22.4 Å². The fourth-order valence-electron chi connectivity index (χ4n) is 3.72. The van der Waals surface area contributed by atoms with Gasteiger partial charge in [0.25, 0.3) is 0 Å². The summed E-state index contributed by atoms with van der Waals surface area (Å²) in [6.07, 6.45) is 3.46. The Morgan fingerprint density at radius 3 is 2.44 bits per heavy atom. The third kappa shape index (κ3) is 6.01. The van der Waals surface area contributed by atoms with Crippen molar-refractivity contribution in [1.29, 1.82) is 0 Å². The van der Waals surface area contributed by atoms with E-state index in [2.05, 4.69) is 4.98 Å². The zero-order valence-corrected chi connectivity index (χ0v) is 21.7. The quantitative estimate of drug-likeness (QED) is 0.178. The first kappa shape index (κ1) is 25.6. The summed E-state index contributed by atoms with van der Waals surface area (Å²) in [7, 11) is 5.03. The van der Waals surface area contributed by atoms with Crippen LogP contribution in [0.15, 0.2) is 66.1 Å². The number of fused-ring (bicyclic) bond motifs is 1. The minimum Gasteiger partial charge on any atom is -0.493 e. The molecule has 7 nitrogen and oxygen atoms in total. The van der Waals surface area contributed by atoms with E-state index in [1.54, 1.807) is 38.6 Å². The molecule has 36 heavy (non-hydrogen) atoms. The van der Waals surface area contributed by atoms with Crippen molar-refractivity contribution in [3.05, 3.63) is 71.5 Å². The minimum atomic E-state index is -0.166. The molecule has 1 heterocycles. The number of imidazole rings is 1. The Hall–Kier alpha value is -3.49. The van der Waals surface area contributed by atoms with Crippen LogP contribution in [0, 0.1) is 0 Å². The number of aromatic nitrogens is 2. The van der Waals surface area contributed by atoms with E-state index in [0.717, 1.165) is 15.9 Å². The van der Waals surface area contributed by atoms with Crippen molar-refractivity contribution in [2.45, 2.75) is 18.0 Å². The van der Waals surface area contributed by atoms with E-state index < -0.39 is 0 Å². The number of ketones is 2. The second kappa shape index (κ2) is 11.5. The Bertz CT molecular complexity index is 1420. The van der Waals surface area contributed by atoms with Gasteiger partial charge in [0.1, 0.15) is 17.3 Å². The molecular formula is C27H25ClN2O5S. The molecular weight excluding hydrogens is 500 g/mol. The van der Waals surface area contributed by atoms with E-state index in [0.29, 0.717) is 33.6 Å². The standard InChI is InChI=1S/C27H25ClN2O5S/c1-30-10-9-29-27(30)36-16-20(32)14-19(31)11-17-7-8-24(22(28)12-17)35-23-6-4-5-18-13-25(33-2)26(34-3)15-21(18)23/h4-10,12-13,15H,11,14,16H2,1-3H3. The first-order valence-corrected chi connectivity index (χ1v) is 12.5. The van der Waals surface area contributed by atoms with Crippen molar-refractivity contribution in [2.24, 2.45) is 7.05 Å². The van der Waals surface area contributed by atoms with Gasteiger partial charge in [-0.3, -0.25) is 9.59 Å². The highest BCUT2D eigenvalue weighted by Gasteiger charge is 2.15. The van der Waals surface area contributed by atoms with Gasteiger partial charge in [0.2, 0.25) is 0 Å². The lowest BCUT2D eigenvalue weighted by molar-refractivity contribution is -0.125. The summed E-state index contributed by atoms with van der Waals surface area (Å²) in [6, 6.07) is 14.6. The molecule has 0 atom stereocenters. The molecule has 0 aliphatic carbocycles. The molecule has 4 rings (SSSR count). The van der Waals surface area contributed by atoms with Crippen LogP contribution in [0.5, 0.6) is 23.0 Å². The van der Waals surface area contributed by atoms with E-state index in [-0.39, 0.29) is 30.2 Å². The van der Waals surface area contributed by atoms with Crippen LogP contribution in [0.3, 0.4) is 0 Å². The van der Waals surface area contributed by atoms with Crippen LogP contribution in [-0.4, -0.2) is 41.1 Å². The average Bonchev–Trinajstić information content (AvgIpc) is 3.28. The highest BCUT2D eigenvalue weighted by molar-refractivity contribution is 7.99. The van der Waals surface area contributed by atoms with E-state index in [9.17, 15) is 9.59 Å². The van der Waals surface area contributed by atoms with Crippen molar-refractivity contribution in [1.82, 2.24) is 9.55 Å². The molecule has 0 unspecified atom stereocenters. The fourth-order valence-corrected chi connectivity index (χ4v) is 4.75. The molecule has 0 aliphatic heterocycles. The lowest BCUT2D eigenvalue weighted by Gasteiger charge is -2.14. The molecule has 0 bridgehead atoms. The first-order valence-electron chi connectivity index (χ1n) is 11.1. The lowest BCUT2D eigenvalue weighted by Crippen LogP contribution is -2.12. The van der Waals surface area contributed by atoms with E-state index in [4.69, 9.17) is 25.8 Å². The molecule has 1 aromatic heterocycles. The molecule has 0 N–H and O–H groups in total. The number of halogens is 1. The number of Topliss-reactive ketones (excluding diaryl/α,β-unsaturated/α-hetero) is 2. The summed E-state index contributed by atoms with van der Waals surface area (Å²) >= 11 is 7.80. The molecule has 4 aromatic rings. The second-order valence-corrected chi connectivity index (χ2v) is 9.44. The van der Waals surface area contributed by atoms with E-state index in [1.807, 2.05) is 48.1 Å². The number of hydrogen-bond acceptors (Lipinski definition) is 7. The number of nitrogens with zero attached hydrogens (tertiary/aromatic N) is 2. The number of methoxy groups -OCH3 is 2. The average molecular weight is 525 g/mol. The van der Waals surface area contributed by atoms with Gasteiger partial charge in [-0.15, -0.1) is 0 Å². The van der Waals surface area contributed by atoms with E-state index in [1.165, 1.54) is 11.8 Å². The number of thioether (sulfide) groups is 1. The van der Waals surface area contributed by atoms with Gasteiger partial charge < -0.3 is 18.8 Å². The Morgan fingerprint density at radius 2 is 1.75 bits per heavy atom. The van der Waals surface area contributed by atoms with Gasteiger partial charge in [-0.25, -0.2) is 4.98 Å². The Labute approximate surface area is 218 Å². The van der Waals surface area contributed by atoms with Crippen LogP contribution in [0.4, 0.5) is 0 Å². The van der Waals surface area contributed by atoms with Gasteiger partial charge in [0.05, 0.1) is 31.4 Å². The number of hydrogen-bond donors (Lipinski definition) is 0. The molecule has 9 heteroatoms. The molecule has 0 spiro atoms. The molecule has 0 amide bonds. The van der Waals surface area contributed by atoms with Crippen molar-refractivity contribution in [2.75, 3.05) is 20.0 Å². The highest BCUT2D eigenvalue weighted by atomic mass is 35.5. The van der Waals surface area contributed by atoms with Gasteiger partial charge in [-0.1, -0.05) is 41.6 Å². The molecule has 0 aliphatic rings. The minimum absolute atomic E-state index is 0.115. The second-order valence-electron chi connectivity index (χ2n) is 8.09. The van der Waals surface area contributed by atoms with Crippen molar-refractivity contribution >= 4 is 45.7 Å². The number of carbonyl (C=O) groups excluding carboxylic acids is 2. The number of carbonyl (C=O) groups is 2.